The van der Waals surface area contributed by atoms with Gasteiger partial charge in [0.25, 0.3) is 28.0 Å². The van der Waals surface area contributed by atoms with Crippen LogP contribution >= 0.6 is 22.9 Å². The van der Waals surface area contributed by atoms with Gasteiger partial charge in [0.05, 0.1) is 15.8 Å². The first-order valence-corrected chi connectivity index (χ1v) is 13.1. The quantitative estimate of drug-likeness (QED) is 0.375. The molecule has 15 heteroatoms. The Morgan fingerprint density at radius 3 is 2.58 bits per heavy atom. The van der Waals surface area contributed by atoms with Crippen LogP contribution in [0.3, 0.4) is 0 Å². The minimum Gasteiger partial charge on any atom is -0.463 e. The van der Waals surface area contributed by atoms with Crippen LogP contribution in [0.4, 0.5) is 17.2 Å². The van der Waals surface area contributed by atoms with Crippen molar-refractivity contribution in [1.29, 1.82) is 5.41 Å². The van der Waals surface area contributed by atoms with E-state index in [9.17, 15) is 22.6 Å². The van der Waals surface area contributed by atoms with Gasteiger partial charge in [0.15, 0.2) is 5.88 Å². The topological polar surface area (TPSA) is 166 Å². The fraction of sp³-hybridized carbons (Fsp3) is 0.190. The number of amides is 2. The summed E-state index contributed by atoms with van der Waals surface area (Å²) >= 11 is 6.93. The van der Waals surface area contributed by atoms with Crippen molar-refractivity contribution >= 4 is 68.1 Å². The van der Waals surface area contributed by atoms with Crippen molar-refractivity contribution in [3.8, 4) is 0 Å². The number of aryl methyl sites for hydroxylation is 1. The maximum Gasteiger partial charge on any atom is 0.289 e. The molecule has 3 N–H and O–H groups in total. The molecule has 0 spiro atoms. The van der Waals surface area contributed by atoms with Crippen LogP contribution in [0.5, 0.6) is 0 Å². The van der Waals surface area contributed by atoms with Crippen molar-refractivity contribution in [2.45, 2.75) is 6.92 Å². The van der Waals surface area contributed by atoms with E-state index in [1.54, 1.807) is 30.0 Å². The third kappa shape index (κ3) is 5.79. The van der Waals surface area contributed by atoms with Gasteiger partial charge in [0.1, 0.15) is 23.8 Å². The highest BCUT2D eigenvalue weighted by atomic mass is 35.5. The zero-order valence-electron chi connectivity index (χ0n) is 18.6. The molecule has 0 aliphatic carbocycles. The molecule has 12 nitrogen and oxygen atoms in total. The lowest BCUT2D eigenvalue weighted by molar-refractivity contribution is 0.0990. The number of carbonyl (C=O) groups is 2. The summed E-state index contributed by atoms with van der Waals surface area (Å²) in [5.41, 5.74) is 0.539. The molecule has 0 saturated carbocycles. The SMILES string of the molecule is Cc1ncc(C(=O)N(CS(=O)(=O)O)c2ccc(N3CCOC3=N)cc2)c(NC(=O)c2ccc(Cl)s2)n1. The van der Waals surface area contributed by atoms with Crippen molar-refractivity contribution < 1.29 is 27.3 Å². The molecule has 1 aliphatic heterocycles. The Hall–Kier alpha value is -3.59. The molecule has 3 heterocycles. The molecule has 2 aromatic heterocycles. The Balaban J connectivity index is 1.68. The van der Waals surface area contributed by atoms with Crippen molar-refractivity contribution in [2.75, 3.05) is 34.1 Å². The normalized spacial score (nSPS) is 13.4. The fourth-order valence-electron chi connectivity index (χ4n) is 3.36. The molecule has 4 rings (SSSR count). The van der Waals surface area contributed by atoms with E-state index >= 15 is 0 Å². The first-order valence-electron chi connectivity index (χ1n) is 10.3. The van der Waals surface area contributed by atoms with E-state index in [1.165, 1.54) is 18.2 Å². The fourth-order valence-corrected chi connectivity index (χ4v) is 4.89. The summed E-state index contributed by atoms with van der Waals surface area (Å²) in [6, 6.07) is 9.12. The van der Waals surface area contributed by atoms with Gasteiger partial charge in [-0.05, 0) is 43.3 Å². The van der Waals surface area contributed by atoms with Crippen LogP contribution < -0.4 is 15.1 Å². The van der Waals surface area contributed by atoms with Gasteiger partial charge in [-0.25, -0.2) is 9.97 Å². The van der Waals surface area contributed by atoms with Crippen LogP contribution in [0.15, 0.2) is 42.6 Å². The van der Waals surface area contributed by atoms with Crippen LogP contribution in [0.25, 0.3) is 0 Å². The van der Waals surface area contributed by atoms with Gasteiger partial charge in [-0.3, -0.25) is 29.4 Å². The average Bonchev–Trinajstić information content (AvgIpc) is 3.45. The lowest BCUT2D eigenvalue weighted by Gasteiger charge is -2.23. The minimum absolute atomic E-state index is 0.0298. The third-order valence-electron chi connectivity index (χ3n) is 4.98. The second-order valence-corrected chi connectivity index (χ2v) is 10.6. The van der Waals surface area contributed by atoms with E-state index in [0.29, 0.717) is 23.2 Å². The molecule has 0 atom stereocenters. The summed E-state index contributed by atoms with van der Waals surface area (Å²) < 4.78 is 38.6. The summed E-state index contributed by atoms with van der Waals surface area (Å²) in [6.45, 7) is 2.37. The standard InChI is InChI=1S/C21H19ClN6O6S2/c1-12-24-10-15(18(25-12)26-19(29)16-6-7-17(22)35-16)20(30)28(11-36(31,32)33)14-4-2-13(3-5-14)27-8-9-34-21(27)23/h2-7,10,23H,8-9,11H2,1H3,(H,31,32,33)(H,24,25,26,29). The van der Waals surface area contributed by atoms with Gasteiger partial charge in [-0.1, -0.05) is 11.6 Å². The number of benzene rings is 1. The van der Waals surface area contributed by atoms with E-state index < -0.39 is 27.8 Å². The van der Waals surface area contributed by atoms with Crippen molar-refractivity contribution in [3.63, 3.8) is 0 Å². The largest absolute Gasteiger partial charge is 0.463 e. The molecule has 0 radical (unpaired) electrons. The number of nitrogens with one attached hydrogen (secondary N) is 2. The number of amidine groups is 1. The van der Waals surface area contributed by atoms with Gasteiger partial charge in [-0.2, -0.15) is 8.42 Å². The van der Waals surface area contributed by atoms with E-state index in [1.807, 2.05) is 0 Å². The summed E-state index contributed by atoms with van der Waals surface area (Å²) in [5.74, 6) is -2.39. The number of thiophene rings is 1. The molecule has 1 saturated heterocycles. The number of aromatic nitrogens is 2. The Labute approximate surface area is 214 Å². The summed E-state index contributed by atoms with van der Waals surface area (Å²) in [6.07, 6.45) is 1.16. The van der Waals surface area contributed by atoms with Gasteiger partial charge in [-0.15, -0.1) is 11.3 Å². The smallest absolute Gasteiger partial charge is 0.289 e. The number of rotatable bonds is 7. The van der Waals surface area contributed by atoms with Gasteiger partial charge >= 0.3 is 0 Å². The number of hydrogen-bond acceptors (Lipinski definition) is 9. The first kappa shape index (κ1) is 25.5. The Morgan fingerprint density at radius 1 is 1.28 bits per heavy atom. The second-order valence-electron chi connectivity index (χ2n) is 7.50. The summed E-state index contributed by atoms with van der Waals surface area (Å²) in [7, 11) is -4.64. The van der Waals surface area contributed by atoms with Crippen LogP contribution in [-0.4, -0.2) is 59.8 Å². The van der Waals surface area contributed by atoms with Crippen molar-refractivity contribution in [1.82, 2.24) is 9.97 Å². The predicted molar refractivity (Wildman–Crippen MR) is 135 cm³/mol. The predicted octanol–water partition coefficient (Wildman–Crippen LogP) is 3.02. The number of nitrogens with zero attached hydrogens (tertiary/aromatic N) is 4. The Kier molecular flexibility index (Phi) is 7.21. The van der Waals surface area contributed by atoms with Gasteiger partial charge in [0.2, 0.25) is 0 Å². The Morgan fingerprint density at radius 2 is 2.00 bits per heavy atom. The number of anilines is 3. The highest BCUT2D eigenvalue weighted by Gasteiger charge is 2.28. The number of halogens is 1. The van der Waals surface area contributed by atoms with Gasteiger partial charge in [0, 0.05) is 17.6 Å². The lowest BCUT2D eigenvalue weighted by atomic mass is 10.2. The van der Waals surface area contributed by atoms with E-state index in [2.05, 4.69) is 15.3 Å². The van der Waals surface area contributed by atoms with Crippen molar-refractivity contribution in [2.24, 2.45) is 0 Å². The maximum absolute atomic E-state index is 13.5. The molecule has 1 fully saturated rings. The molecule has 2 amide bonds. The third-order valence-corrected chi connectivity index (χ3v) is 6.79. The highest BCUT2D eigenvalue weighted by Crippen LogP contribution is 2.27. The van der Waals surface area contributed by atoms with E-state index in [-0.39, 0.29) is 33.8 Å². The summed E-state index contributed by atoms with van der Waals surface area (Å²) in [4.78, 5) is 37.0. The molecule has 0 bridgehead atoms. The second kappa shape index (κ2) is 10.2. The van der Waals surface area contributed by atoms with Crippen LogP contribution in [0, 0.1) is 12.3 Å². The van der Waals surface area contributed by atoms with Crippen LogP contribution in [0.2, 0.25) is 4.34 Å². The molecule has 0 unspecified atom stereocenters. The Bertz CT molecular complexity index is 1440. The lowest BCUT2D eigenvalue weighted by Crippen LogP contribution is -2.36. The molecule has 1 aliphatic rings. The minimum atomic E-state index is -4.64. The zero-order chi connectivity index (χ0) is 26.0. The monoisotopic (exact) mass is 550 g/mol. The molecular formula is C21H19ClN6O6S2. The van der Waals surface area contributed by atoms with Crippen molar-refractivity contribution in [3.05, 3.63) is 63.2 Å². The average molecular weight is 551 g/mol. The maximum atomic E-state index is 13.5. The number of hydrogen-bond donors (Lipinski definition) is 3. The first-order chi connectivity index (χ1) is 17.0. The summed E-state index contributed by atoms with van der Waals surface area (Å²) in [5, 5.41) is 10.4. The molecule has 1 aromatic carbocycles. The number of carbonyl (C=O) groups excluding carboxylic acids is 2. The number of ether oxygens (including phenoxy) is 1. The van der Waals surface area contributed by atoms with E-state index in [0.717, 1.165) is 22.4 Å². The molecule has 36 heavy (non-hydrogen) atoms. The van der Waals surface area contributed by atoms with E-state index in [4.69, 9.17) is 21.7 Å². The van der Waals surface area contributed by atoms with Gasteiger partial charge < -0.3 is 10.1 Å². The van der Waals surface area contributed by atoms with Crippen LogP contribution in [0.1, 0.15) is 25.9 Å². The molecular weight excluding hydrogens is 532 g/mol. The molecule has 188 valence electrons. The van der Waals surface area contributed by atoms with Crippen LogP contribution in [-0.2, 0) is 14.9 Å². The molecule has 3 aromatic rings. The highest BCUT2D eigenvalue weighted by molar-refractivity contribution is 7.85. The zero-order valence-corrected chi connectivity index (χ0v) is 21.0.